The lowest BCUT2D eigenvalue weighted by Gasteiger charge is -2.29. The molecule has 0 spiro atoms. The van der Waals surface area contributed by atoms with Crippen molar-refractivity contribution in [1.82, 2.24) is 5.32 Å². The minimum Gasteiger partial charge on any atom is -0.489 e. The average molecular weight is 470 g/mol. The Morgan fingerprint density at radius 2 is 1.56 bits per heavy atom. The molecule has 0 heterocycles. The molecule has 0 saturated carbocycles. The van der Waals surface area contributed by atoms with Crippen molar-refractivity contribution in [2.45, 2.75) is 45.8 Å². The van der Waals surface area contributed by atoms with Crippen LogP contribution in [0.3, 0.4) is 0 Å². The number of carbonyl (C=O) groups is 3. The Morgan fingerprint density at radius 3 is 2.12 bits per heavy atom. The van der Waals surface area contributed by atoms with Crippen molar-refractivity contribution in [2.24, 2.45) is 5.10 Å². The predicted octanol–water partition coefficient (Wildman–Crippen LogP) is 3.44. The van der Waals surface area contributed by atoms with Gasteiger partial charge in [-0.2, -0.15) is 5.10 Å². The molecule has 2 aromatic rings. The Labute approximate surface area is 199 Å². The summed E-state index contributed by atoms with van der Waals surface area (Å²) < 4.78 is 15.8. The van der Waals surface area contributed by atoms with Crippen LogP contribution in [-0.4, -0.2) is 42.8 Å². The predicted molar refractivity (Wildman–Crippen MR) is 128 cm³/mol. The van der Waals surface area contributed by atoms with Gasteiger partial charge in [-0.1, -0.05) is 30.3 Å². The number of hydrogen-bond donors (Lipinski definition) is 2. The molecule has 1 amide bonds. The lowest BCUT2D eigenvalue weighted by molar-refractivity contribution is -0.168. The van der Waals surface area contributed by atoms with E-state index in [0.29, 0.717) is 6.61 Å². The fourth-order valence-corrected chi connectivity index (χ4v) is 3.09. The van der Waals surface area contributed by atoms with Crippen LogP contribution in [0.1, 0.15) is 39.2 Å². The number of nitrogens with zero attached hydrogens (tertiary/aromatic N) is 1. The van der Waals surface area contributed by atoms with Gasteiger partial charge in [0.15, 0.2) is 0 Å². The van der Waals surface area contributed by atoms with Crippen molar-refractivity contribution in [1.29, 1.82) is 0 Å². The summed E-state index contributed by atoms with van der Waals surface area (Å²) in [6, 6.07) is 17.1. The molecule has 0 aliphatic rings. The fraction of sp³-hybridized carbons (Fsp3) is 0.360. The lowest BCUT2D eigenvalue weighted by Crippen LogP contribution is -2.61. The van der Waals surface area contributed by atoms with Crippen LogP contribution in [0.15, 0.2) is 59.7 Å². The maximum Gasteiger partial charge on any atom is 0.343 e. The van der Waals surface area contributed by atoms with E-state index in [0.717, 1.165) is 17.0 Å². The first-order valence-electron chi connectivity index (χ1n) is 11.1. The van der Waals surface area contributed by atoms with Crippen LogP contribution in [0.5, 0.6) is 5.75 Å². The second kappa shape index (κ2) is 13.6. The van der Waals surface area contributed by atoms with Gasteiger partial charge in [-0.3, -0.25) is 10.2 Å². The summed E-state index contributed by atoms with van der Waals surface area (Å²) >= 11 is 0. The third-order valence-electron chi connectivity index (χ3n) is 4.67. The molecular formula is C25H31N3O6. The molecule has 2 aromatic carbocycles. The number of benzene rings is 2. The van der Waals surface area contributed by atoms with E-state index in [1.54, 1.807) is 13.8 Å². The number of nitrogens with one attached hydrogen (secondary N) is 2. The molecule has 2 rings (SSSR count). The number of hydrogen-bond acceptors (Lipinski definition) is 8. The number of amides is 1. The largest absolute Gasteiger partial charge is 0.489 e. The van der Waals surface area contributed by atoms with E-state index in [4.69, 9.17) is 14.2 Å². The summed E-state index contributed by atoms with van der Waals surface area (Å²) in [5.74, 6) is -1.56. The van der Waals surface area contributed by atoms with Gasteiger partial charge in [0.2, 0.25) is 11.4 Å². The van der Waals surface area contributed by atoms with E-state index >= 15 is 0 Å². The molecule has 182 valence electrons. The van der Waals surface area contributed by atoms with Crippen LogP contribution in [0.4, 0.5) is 5.69 Å². The molecule has 0 bridgehead atoms. The molecule has 0 unspecified atom stereocenters. The Hall–Kier alpha value is -3.88. The topological polar surface area (TPSA) is 115 Å². The van der Waals surface area contributed by atoms with E-state index in [-0.39, 0.29) is 26.1 Å². The van der Waals surface area contributed by atoms with Gasteiger partial charge in [0.1, 0.15) is 12.4 Å². The van der Waals surface area contributed by atoms with Gasteiger partial charge >= 0.3 is 11.9 Å². The van der Waals surface area contributed by atoms with E-state index in [2.05, 4.69) is 15.8 Å². The molecular weight excluding hydrogens is 438 g/mol. The highest BCUT2D eigenvalue weighted by Crippen LogP contribution is 2.19. The van der Waals surface area contributed by atoms with E-state index in [9.17, 15) is 14.4 Å². The van der Waals surface area contributed by atoms with Gasteiger partial charge in [0, 0.05) is 13.1 Å². The van der Waals surface area contributed by atoms with E-state index in [1.807, 2.05) is 54.6 Å². The van der Waals surface area contributed by atoms with Crippen LogP contribution in [0.2, 0.25) is 0 Å². The first-order chi connectivity index (χ1) is 16.4. The first-order valence-corrected chi connectivity index (χ1v) is 11.1. The Kier molecular flexibility index (Phi) is 10.6. The van der Waals surface area contributed by atoms with Gasteiger partial charge in [-0.05, 0) is 56.5 Å². The molecule has 0 saturated heterocycles. The van der Waals surface area contributed by atoms with Crippen LogP contribution in [0.25, 0.3) is 0 Å². The molecule has 2 N–H and O–H groups in total. The van der Waals surface area contributed by atoms with Crippen molar-refractivity contribution in [3.8, 4) is 5.75 Å². The van der Waals surface area contributed by atoms with Crippen molar-refractivity contribution < 1.29 is 28.6 Å². The summed E-state index contributed by atoms with van der Waals surface area (Å²) in [5, 5.41) is 6.54. The highest BCUT2D eigenvalue weighted by molar-refractivity contribution is 6.07. The zero-order valence-electron chi connectivity index (χ0n) is 19.7. The fourth-order valence-electron chi connectivity index (χ4n) is 3.09. The first kappa shape index (κ1) is 26.4. The Bertz CT molecular complexity index is 942. The van der Waals surface area contributed by atoms with Gasteiger partial charge < -0.3 is 19.5 Å². The number of esters is 2. The van der Waals surface area contributed by atoms with E-state index < -0.39 is 23.4 Å². The van der Waals surface area contributed by atoms with Crippen LogP contribution >= 0.6 is 0 Å². The summed E-state index contributed by atoms with van der Waals surface area (Å²) in [6.45, 7) is 5.04. The third kappa shape index (κ3) is 7.91. The van der Waals surface area contributed by atoms with E-state index in [1.165, 1.54) is 13.1 Å². The summed E-state index contributed by atoms with van der Waals surface area (Å²) in [6.07, 6.45) is 1.64. The minimum absolute atomic E-state index is 0.0558. The zero-order chi connectivity index (χ0) is 24.8. The minimum atomic E-state index is -1.93. The van der Waals surface area contributed by atoms with Gasteiger partial charge in [-0.15, -0.1) is 0 Å². The van der Waals surface area contributed by atoms with Crippen molar-refractivity contribution in [3.05, 3.63) is 60.2 Å². The highest BCUT2D eigenvalue weighted by Gasteiger charge is 2.49. The number of hydrazone groups is 1. The SMILES string of the molecule is CCOC(=O)C(CC/C=N/Nc1ccc(OCc2ccccc2)cc1)(NC(C)=O)C(=O)OCC. The monoisotopic (exact) mass is 469 g/mol. The maximum absolute atomic E-state index is 12.6. The molecule has 9 nitrogen and oxygen atoms in total. The summed E-state index contributed by atoms with van der Waals surface area (Å²) in [5.41, 5.74) is 2.75. The van der Waals surface area contributed by atoms with Crippen LogP contribution in [0, 0.1) is 0 Å². The number of anilines is 1. The van der Waals surface area contributed by atoms with Gasteiger partial charge in [0.25, 0.3) is 0 Å². The van der Waals surface area contributed by atoms with Gasteiger partial charge in [0.05, 0.1) is 18.9 Å². The van der Waals surface area contributed by atoms with Crippen molar-refractivity contribution in [2.75, 3.05) is 18.6 Å². The second-order valence-electron chi connectivity index (χ2n) is 7.29. The number of carbonyl (C=O) groups excluding carboxylic acids is 3. The molecule has 0 radical (unpaired) electrons. The smallest absolute Gasteiger partial charge is 0.343 e. The zero-order valence-corrected chi connectivity index (χ0v) is 19.7. The highest BCUT2D eigenvalue weighted by atomic mass is 16.6. The lowest BCUT2D eigenvalue weighted by atomic mass is 9.93. The maximum atomic E-state index is 12.6. The standard InChI is InChI=1S/C25H31N3O6/c1-4-32-23(30)25(27-19(3)29,24(31)33-5-2)16-9-17-26-28-21-12-14-22(15-13-21)34-18-20-10-7-6-8-11-20/h6-8,10-15,17,28H,4-5,9,16,18H2,1-3H3,(H,27,29)/b26-17+. The normalized spacial score (nSPS) is 11.0. The molecule has 0 aliphatic heterocycles. The Balaban J connectivity index is 1.94. The van der Waals surface area contributed by atoms with Crippen LogP contribution < -0.4 is 15.5 Å². The van der Waals surface area contributed by atoms with Gasteiger partial charge in [-0.25, -0.2) is 9.59 Å². The quantitative estimate of drug-likeness (QED) is 0.200. The molecule has 0 aliphatic carbocycles. The Morgan fingerprint density at radius 1 is 0.941 bits per heavy atom. The van der Waals surface area contributed by atoms with Crippen molar-refractivity contribution >= 4 is 29.7 Å². The number of rotatable bonds is 13. The molecule has 0 fully saturated rings. The van der Waals surface area contributed by atoms with Crippen molar-refractivity contribution in [3.63, 3.8) is 0 Å². The molecule has 34 heavy (non-hydrogen) atoms. The number of ether oxygens (including phenoxy) is 3. The third-order valence-corrected chi connectivity index (χ3v) is 4.67. The molecule has 0 aromatic heterocycles. The molecule has 9 heteroatoms. The summed E-state index contributed by atoms with van der Waals surface area (Å²) in [4.78, 5) is 36.9. The van der Waals surface area contributed by atoms with Crippen LogP contribution in [-0.2, 0) is 30.5 Å². The molecule has 0 atom stereocenters. The summed E-state index contributed by atoms with van der Waals surface area (Å²) in [7, 11) is 0. The second-order valence-corrected chi connectivity index (χ2v) is 7.29. The average Bonchev–Trinajstić information content (AvgIpc) is 2.83.